The number of phenols is 1. The molecule has 0 amide bonds. The summed E-state index contributed by atoms with van der Waals surface area (Å²) in [5.74, 6) is 2.15. The highest BCUT2D eigenvalue weighted by Gasteiger charge is 2.47. The highest BCUT2D eigenvalue weighted by Crippen LogP contribution is 2.54. The summed E-state index contributed by atoms with van der Waals surface area (Å²) < 4.78 is 6.40. The molecule has 3 rings (SSSR count). The van der Waals surface area contributed by atoms with Crippen LogP contribution in [0.3, 0.4) is 0 Å². The van der Waals surface area contributed by atoms with Gasteiger partial charge < -0.3 is 14.9 Å². The lowest BCUT2D eigenvalue weighted by atomic mass is 9.65. The Balaban J connectivity index is 1.85. The number of rotatable bonds is 6. The maximum absolute atomic E-state index is 10.8. The van der Waals surface area contributed by atoms with Gasteiger partial charge >= 0.3 is 0 Å². The van der Waals surface area contributed by atoms with Crippen molar-refractivity contribution in [3.63, 3.8) is 0 Å². The Hall–Kier alpha value is -1.22. The van der Waals surface area contributed by atoms with E-state index in [4.69, 9.17) is 4.74 Å². The molecule has 4 unspecified atom stereocenters. The Morgan fingerprint density at radius 2 is 1.96 bits per heavy atom. The topological polar surface area (TPSA) is 49.7 Å². The highest BCUT2D eigenvalue weighted by atomic mass is 16.5. The molecule has 3 heteroatoms. The van der Waals surface area contributed by atoms with Gasteiger partial charge in [0.15, 0.2) is 0 Å². The number of aliphatic hydroxyl groups is 1. The maximum atomic E-state index is 10.8. The first-order valence-corrected chi connectivity index (χ1v) is 10.6. The van der Waals surface area contributed by atoms with Crippen LogP contribution in [0.1, 0.15) is 102 Å². The van der Waals surface area contributed by atoms with E-state index in [1.165, 1.54) is 31.2 Å². The van der Waals surface area contributed by atoms with Crippen molar-refractivity contribution in [2.24, 2.45) is 5.92 Å². The number of unbranched alkanes of at least 4 members (excludes halogenated alkanes) is 3. The predicted octanol–water partition coefficient (Wildman–Crippen LogP) is 5.88. The van der Waals surface area contributed by atoms with E-state index in [9.17, 15) is 10.2 Å². The van der Waals surface area contributed by atoms with Crippen LogP contribution in [-0.2, 0) is 0 Å². The van der Waals surface area contributed by atoms with Crippen LogP contribution >= 0.6 is 0 Å². The average Bonchev–Trinajstić information content (AvgIpc) is 2.57. The van der Waals surface area contributed by atoms with Crippen molar-refractivity contribution in [3.8, 4) is 11.5 Å². The molecule has 0 aromatic heterocycles. The molecule has 1 aliphatic carbocycles. The second-order valence-corrected chi connectivity index (χ2v) is 9.09. The lowest BCUT2D eigenvalue weighted by molar-refractivity contribution is -0.0317. The number of ether oxygens (including phenoxy) is 1. The average molecular weight is 361 g/mol. The quantitative estimate of drug-likeness (QED) is 0.623. The van der Waals surface area contributed by atoms with Crippen molar-refractivity contribution in [2.75, 3.05) is 0 Å². The van der Waals surface area contributed by atoms with Crippen molar-refractivity contribution in [3.05, 3.63) is 23.3 Å². The van der Waals surface area contributed by atoms with Gasteiger partial charge in [0, 0.05) is 17.4 Å². The summed E-state index contributed by atoms with van der Waals surface area (Å²) in [5, 5.41) is 21.0. The predicted molar refractivity (Wildman–Crippen MR) is 106 cm³/mol. The molecule has 3 nitrogen and oxygen atoms in total. The van der Waals surface area contributed by atoms with E-state index in [-0.39, 0.29) is 17.6 Å². The van der Waals surface area contributed by atoms with Crippen LogP contribution in [0.25, 0.3) is 0 Å². The van der Waals surface area contributed by atoms with Gasteiger partial charge in [-0.2, -0.15) is 0 Å². The van der Waals surface area contributed by atoms with Gasteiger partial charge in [-0.3, -0.25) is 0 Å². The van der Waals surface area contributed by atoms with E-state index in [1.807, 2.05) is 6.07 Å². The molecule has 1 aromatic rings. The number of hydrogen-bond acceptors (Lipinski definition) is 3. The molecule has 26 heavy (non-hydrogen) atoms. The number of phenolic OH excluding ortho intramolecular Hbond substituents is 1. The van der Waals surface area contributed by atoms with Gasteiger partial charge in [-0.25, -0.2) is 0 Å². The number of aliphatic hydroxyl groups excluding tert-OH is 1. The van der Waals surface area contributed by atoms with E-state index in [1.54, 1.807) is 0 Å². The molecule has 1 aliphatic heterocycles. The summed E-state index contributed by atoms with van der Waals surface area (Å²) in [6.45, 7) is 8.79. The molecule has 2 aliphatic rings. The maximum Gasteiger partial charge on any atom is 0.127 e. The highest BCUT2D eigenvalue weighted by molar-refractivity contribution is 5.52. The van der Waals surface area contributed by atoms with Crippen molar-refractivity contribution < 1.29 is 14.9 Å². The monoisotopic (exact) mass is 360 g/mol. The van der Waals surface area contributed by atoms with E-state index in [2.05, 4.69) is 33.8 Å². The standard InChI is InChI=1S/C23H36O3/c1-5-6-7-8-9-15(2)16-12-20(25)22-18-14-17(24)10-11-19(18)23(3,4)26-21(22)13-16/h12-13,15,17-19,24-25H,5-11,14H2,1-4H3. The fourth-order valence-corrected chi connectivity index (χ4v) is 5.08. The van der Waals surface area contributed by atoms with Crippen molar-refractivity contribution in [1.82, 2.24) is 0 Å². The Morgan fingerprint density at radius 3 is 2.69 bits per heavy atom. The van der Waals surface area contributed by atoms with Crippen molar-refractivity contribution >= 4 is 0 Å². The van der Waals surface area contributed by atoms with Crippen LogP contribution in [0.4, 0.5) is 0 Å². The zero-order valence-corrected chi connectivity index (χ0v) is 16.9. The fourth-order valence-electron chi connectivity index (χ4n) is 5.08. The Morgan fingerprint density at radius 1 is 1.19 bits per heavy atom. The van der Waals surface area contributed by atoms with Gasteiger partial charge in [-0.15, -0.1) is 0 Å². The SMILES string of the molecule is CCCCCCC(C)c1cc(O)c2c(c1)OC(C)(C)C1CCC(O)CC21. The third-order valence-corrected chi connectivity index (χ3v) is 6.66. The summed E-state index contributed by atoms with van der Waals surface area (Å²) in [4.78, 5) is 0. The lowest BCUT2D eigenvalue weighted by Gasteiger charge is -2.48. The van der Waals surface area contributed by atoms with Gasteiger partial charge in [0.05, 0.1) is 6.10 Å². The third-order valence-electron chi connectivity index (χ3n) is 6.66. The van der Waals surface area contributed by atoms with Crippen LogP contribution in [0.5, 0.6) is 11.5 Å². The summed E-state index contributed by atoms with van der Waals surface area (Å²) >= 11 is 0. The molecule has 0 spiro atoms. The first kappa shape index (κ1) is 19.5. The first-order valence-electron chi connectivity index (χ1n) is 10.6. The molecule has 0 saturated heterocycles. The minimum atomic E-state index is -0.269. The molecule has 1 aromatic carbocycles. The number of fused-ring (bicyclic) bond motifs is 3. The second kappa shape index (κ2) is 7.80. The van der Waals surface area contributed by atoms with Crippen LogP contribution in [-0.4, -0.2) is 21.9 Å². The molecule has 2 N–H and O–H groups in total. The molecule has 0 radical (unpaired) electrons. The van der Waals surface area contributed by atoms with Crippen LogP contribution in [0, 0.1) is 5.92 Å². The summed E-state index contributed by atoms with van der Waals surface area (Å²) in [7, 11) is 0. The van der Waals surface area contributed by atoms with Crippen LogP contribution in [0.15, 0.2) is 12.1 Å². The summed E-state index contributed by atoms with van der Waals surface area (Å²) in [5.41, 5.74) is 1.84. The van der Waals surface area contributed by atoms with Gasteiger partial charge in [0.2, 0.25) is 0 Å². The smallest absolute Gasteiger partial charge is 0.127 e. The number of aromatic hydroxyl groups is 1. The van der Waals surface area contributed by atoms with Gasteiger partial charge in [-0.05, 0) is 63.1 Å². The van der Waals surface area contributed by atoms with E-state index in [0.29, 0.717) is 17.6 Å². The van der Waals surface area contributed by atoms with E-state index < -0.39 is 0 Å². The fraction of sp³-hybridized carbons (Fsp3) is 0.739. The van der Waals surface area contributed by atoms with Crippen LogP contribution in [0.2, 0.25) is 0 Å². The largest absolute Gasteiger partial charge is 0.508 e. The summed E-state index contributed by atoms with van der Waals surface area (Å²) in [6.07, 6.45) is 8.45. The molecule has 4 atom stereocenters. The Kier molecular flexibility index (Phi) is 5.86. The van der Waals surface area contributed by atoms with E-state index in [0.717, 1.165) is 37.0 Å². The number of benzene rings is 1. The lowest BCUT2D eigenvalue weighted by Crippen LogP contribution is -2.47. The van der Waals surface area contributed by atoms with Crippen molar-refractivity contribution in [1.29, 1.82) is 0 Å². The molecule has 146 valence electrons. The molecule has 1 fully saturated rings. The molecule has 0 bridgehead atoms. The van der Waals surface area contributed by atoms with E-state index >= 15 is 0 Å². The molecule has 1 saturated carbocycles. The summed E-state index contributed by atoms with van der Waals surface area (Å²) in [6, 6.07) is 4.10. The minimum absolute atomic E-state index is 0.186. The third kappa shape index (κ3) is 3.88. The van der Waals surface area contributed by atoms with Crippen LogP contribution < -0.4 is 4.74 Å². The molecular formula is C23H36O3. The van der Waals surface area contributed by atoms with Gasteiger partial charge in [0.1, 0.15) is 17.1 Å². The Bertz CT molecular complexity index is 622. The molecule has 1 heterocycles. The normalized spacial score (nSPS) is 28.0. The van der Waals surface area contributed by atoms with Gasteiger partial charge in [0.25, 0.3) is 0 Å². The second-order valence-electron chi connectivity index (χ2n) is 9.09. The minimum Gasteiger partial charge on any atom is -0.508 e. The first-order chi connectivity index (χ1) is 12.3. The van der Waals surface area contributed by atoms with Gasteiger partial charge in [-0.1, -0.05) is 39.5 Å². The van der Waals surface area contributed by atoms with Crippen molar-refractivity contribution in [2.45, 2.75) is 103 Å². The zero-order chi connectivity index (χ0) is 18.9. The molecular weight excluding hydrogens is 324 g/mol. The number of hydrogen-bond donors (Lipinski definition) is 2. The zero-order valence-electron chi connectivity index (χ0n) is 16.9. The Labute approximate surface area is 158 Å².